The molecule has 1 aromatic rings. The van der Waals surface area contributed by atoms with Crippen LogP contribution < -0.4 is 5.32 Å². The van der Waals surface area contributed by atoms with Gasteiger partial charge in [-0.05, 0) is 44.0 Å². The zero-order valence-corrected chi connectivity index (χ0v) is 13.3. The molecule has 0 spiro atoms. The minimum absolute atomic E-state index is 0.205. The van der Waals surface area contributed by atoms with Crippen LogP contribution in [-0.4, -0.2) is 34.6 Å². The zero-order valence-electron chi connectivity index (χ0n) is 12.5. The minimum atomic E-state index is 0.205. The number of nitrogens with zero attached hydrogens (tertiary/aromatic N) is 2. The third-order valence-corrected chi connectivity index (χ3v) is 4.28. The molecule has 110 valence electrons. The van der Waals surface area contributed by atoms with E-state index in [4.69, 9.17) is 12.2 Å². The number of hydrogen-bond donors (Lipinski definition) is 1. The maximum Gasteiger partial charge on any atom is 0.0857 e. The van der Waals surface area contributed by atoms with Crippen molar-refractivity contribution in [2.24, 2.45) is 5.92 Å². The highest BCUT2D eigenvalue weighted by Gasteiger charge is 2.22. The Balaban J connectivity index is 1.93. The van der Waals surface area contributed by atoms with Crippen molar-refractivity contribution < 1.29 is 0 Å². The zero-order chi connectivity index (χ0) is 14.4. The van der Waals surface area contributed by atoms with Crippen molar-refractivity contribution in [2.45, 2.75) is 39.0 Å². The van der Waals surface area contributed by atoms with E-state index in [0.717, 1.165) is 17.4 Å². The van der Waals surface area contributed by atoms with Crippen LogP contribution in [0.2, 0.25) is 0 Å². The van der Waals surface area contributed by atoms with Gasteiger partial charge in [-0.2, -0.15) is 0 Å². The molecule has 1 saturated heterocycles. The molecule has 0 saturated carbocycles. The summed E-state index contributed by atoms with van der Waals surface area (Å²) in [6.45, 7) is 7.65. The van der Waals surface area contributed by atoms with Crippen LogP contribution >= 0.6 is 12.2 Å². The number of piperidine rings is 1. The summed E-state index contributed by atoms with van der Waals surface area (Å²) in [6, 6.07) is 6.05. The van der Waals surface area contributed by atoms with Gasteiger partial charge in [0.2, 0.25) is 0 Å². The summed E-state index contributed by atoms with van der Waals surface area (Å²) >= 11 is 5.62. The van der Waals surface area contributed by atoms with Crippen LogP contribution in [0.15, 0.2) is 24.4 Å². The third kappa shape index (κ3) is 4.25. The Kier molecular flexibility index (Phi) is 5.92. The minimum Gasteiger partial charge on any atom is -0.366 e. The largest absolute Gasteiger partial charge is 0.366 e. The highest BCUT2D eigenvalue weighted by molar-refractivity contribution is 7.80. The smallest absolute Gasteiger partial charge is 0.0857 e. The van der Waals surface area contributed by atoms with Gasteiger partial charge in [0.05, 0.1) is 23.3 Å². The van der Waals surface area contributed by atoms with Gasteiger partial charge in [0, 0.05) is 6.20 Å². The number of rotatable bonds is 5. The normalized spacial score (nSPS) is 17.9. The number of pyridine rings is 1. The van der Waals surface area contributed by atoms with Crippen LogP contribution in [0.5, 0.6) is 0 Å². The molecule has 0 radical (unpaired) electrons. The summed E-state index contributed by atoms with van der Waals surface area (Å²) in [5.74, 6) is 0.655. The molecule has 0 amide bonds. The first-order valence-corrected chi connectivity index (χ1v) is 8.00. The Bertz CT molecular complexity index is 413. The number of likely N-dealkylation sites (tertiary alicyclic amines) is 1. The monoisotopic (exact) mass is 291 g/mol. The van der Waals surface area contributed by atoms with Crippen LogP contribution in [0.4, 0.5) is 0 Å². The van der Waals surface area contributed by atoms with Crippen molar-refractivity contribution in [3.05, 3.63) is 30.1 Å². The van der Waals surface area contributed by atoms with E-state index in [1.165, 1.54) is 32.4 Å². The van der Waals surface area contributed by atoms with Crippen LogP contribution in [0.1, 0.15) is 44.7 Å². The number of thiocarbonyl (C=S) groups is 1. The predicted octanol–water partition coefficient (Wildman–Crippen LogP) is 3.18. The Labute approximate surface area is 127 Å². The molecule has 0 aliphatic carbocycles. The summed E-state index contributed by atoms with van der Waals surface area (Å²) in [5, 5.41) is 3.45. The van der Waals surface area contributed by atoms with Gasteiger partial charge < -0.3 is 5.32 Å². The van der Waals surface area contributed by atoms with Gasteiger partial charge in [0.15, 0.2) is 0 Å². The quantitative estimate of drug-likeness (QED) is 0.843. The fraction of sp³-hybridized carbons (Fsp3) is 0.625. The van der Waals surface area contributed by atoms with Crippen molar-refractivity contribution in [3.8, 4) is 0 Å². The molecule has 1 aromatic heterocycles. The summed E-state index contributed by atoms with van der Waals surface area (Å²) < 4.78 is 0. The molecule has 4 heteroatoms. The van der Waals surface area contributed by atoms with E-state index in [-0.39, 0.29) is 5.92 Å². The summed E-state index contributed by atoms with van der Waals surface area (Å²) in [7, 11) is 0. The fourth-order valence-corrected chi connectivity index (χ4v) is 3.21. The molecule has 1 fully saturated rings. The van der Waals surface area contributed by atoms with E-state index < -0.39 is 0 Å². The second-order valence-corrected chi connectivity index (χ2v) is 6.29. The second kappa shape index (κ2) is 7.70. The summed E-state index contributed by atoms with van der Waals surface area (Å²) in [5.41, 5.74) is 1.07. The van der Waals surface area contributed by atoms with Gasteiger partial charge in [-0.25, -0.2) is 0 Å². The van der Waals surface area contributed by atoms with Gasteiger partial charge in [-0.3, -0.25) is 9.88 Å². The van der Waals surface area contributed by atoms with Gasteiger partial charge in [0.1, 0.15) is 0 Å². The second-order valence-electron chi connectivity index (χ2n) is 5.85. The Morgan fingerprint density at radius 2 is 2.05 bits per heavy atom. The molecule has 3 nitrogen and oxygen atoms in total. The highest BCUT2D eigenvalue weighted by atomic mass is 32.1. The summed E-state index contributed by atoms with van der Waals surface area (Å²) in [6.07, 6.45) is 5.83. The first kappa shape index (κ1) is 15.4. The Morgan fingerprint density at radius 3 is 2.65 bits per heavy atom. The van der Waals surface area contributed by atoms with Crippen molar-refractivity contribution in [1.82, 2.24) is 15.2 Å². The third-order valence-electron chi connectivity index (χ3n) is 3.88. The Morgan fingerprint density at radius 1 is 1.30 bits per heavy atom. The maximum absolute atomic E-state index is 5.62. The maximum atomic E-state index is 5.62. The fourth-order valence-electron chi connectivity index (χ4n) is 2.76. The SMILES string of the molecule is CC(C)C(C(=S)NCN1CCCCC1)c1ccccn1. The van der Waals surface area contributed by atoms with Crippen LogP contribution in [0.3, 0.4) is 0 Å². The van der Waals surface area contributed by atoms with E-state index in [9.17, 15) is 0 Å². The average molecular weight is 291 g/mol. The molecule has 0 aromatic carbocycles. The standard InChI is InChI=1S/C16H25N3S/c1-13(2)15(14-8-4-5-9-17-14)16(20)18-12-19-10-6-3-7-11-19/h4-5,8-9,13,15H,3,6-7,10-12H2,1-2H3,(H,18,20). The lowest BCUT2D eigenvalue weighted by atomic mass is 9.92. The lowest BCUT2D eigenvalue weighted by molar-refractivity contribution is 0.224. The molecule has 1 unspecified atom stereocenters. The number of hydrogen-bond acceptors (Lipinski definition) is 3. The molecule has 20 heavy (non-hydrogen) atoms. The molecule has 1 N–H and O–H groups in total. The molecular weight excluding hydrogens is 266 g/mol. The van der Waals surface area contributed by atoms with Crippen LogP contribution in [-0.2, 0) is 0 Å². The number of nitrogens with one attached hydrogen (secondary N) is 1. The molecule has 0 bridgehead atoms. The topological polar surface area (TPSA) is 28.2 Å². The highest BCUT2D eigenvalue weighted by Crippen LogP contribution is 2.23. The number of aromatic nitrogens is 1. The Hall–Kier alpha value is -1.00. The van der Waals surface area contributed by atoms with Crippen molar-refractivity contribution in [2.75, 3.05) is 19.8 Å². The predicted molar refractivity (Wildman–Crippen MR) is 87.8 cm³/mol. The van der Waals surface area contributed by atoms with Gasteiger partial charge >= 0.3 is 0 Å². The molecule has 2 rings (SSSR count). The summed E-state index contributed by atoms with van der Waals surface area (Å²) in [4.78, 5) is 7.85. The van der Waals surface area contributed by atoms with E-state index >= 15 is 0 Å². The van der Waals surface area contributed by atoms with Crippen molar-refractivity contribution >= 4 is 17.2 Å². The van der Waals surface area contributed by atoms with Crippen molar-refractivity contribution in [3.63, 3.8) is 0 Å². The van der Waals surface area contributed by atoms with Crippen molar-refractivity contribution in [1.29, 1.82) is 0 Å². The lowest BCUT2D eigenvalue weighted by Crippen LogP contribution is -2.42. The van der Waals surface area contributed by atoms with Gasteiger partial charge in [0.25, 0.3) is 0 Å². The molecular formula is C16H25N3S. The molecule has 1 aliphatic rings. The van der Waals surface area contributed by atoms with E-state index in [1.54, 1.807) is 0 Å². The molecule has 2 heterocycles. The lowest BCUT2D eigenvalue weighted by Gasteiger charge is -2.29. The van der Waals surface area contributed by atoms with E-state index in [1.807, 2.05) is 18.3 Å². The van der Waals surface area contributed by atoms with E-state index in [2.05, 4.69) is 35.1 Å². The van der Waals surface area contributed by atoms with E-state index in [0.29, 0.717) is 5.92 Å². The average Bonchev–Trinajstić information content (AvgIpc) is 2.47. The molecule has 1 aliphatic heterocycles. The molecule has 1 atom stereocenters. The van der Waals surface area contributed by atoms with Gasteiger partial charge in [-0.15, -0.1) is 0 Å². The first-order valence-electron chi connectivity index (χ1n) is 7.59. The van der Waals surface area contributed by atoms with Crippen LogP contribution in [0.25, 0.3) is 0 Å². The van der Waals surface area contributed by atoms with Crippen LogP contribution in [0, 0.1) is 5.92 Å². The first-order chi connectivity index (χ1) is 9.68. The van der Waals surface area contributed by atoms with Gasteiger partial charge in [-0.1, -0.05) is 38.6 Å².